The quantitative estimate of drug-likeness (QED) is 0.694. The molecular weight excluding hydrogens is 378 g/mol. The van der Waals surface area contributed by atoms with Gasteiger partial charge >= 0.3 is 5.97 Å². The van der Waals surface area contributed by atoms with Crippen LogP contribution in [0.3, 0.4) is 0 Å². The molecule has 1 atom stereocenters. The third-order valence-corrected chi connectivity index (χ3v) is 5.38. The van der Waals surface area contributed by atoms with E-state index < -0.39 is 5.41 Å². The standard InChI is InChI=1S/C21H26ClN3O3/c1-3-28-20(27)21(13-17-6-4-7-18(22)12-17)9-5-10-24(15-21)19(26)14-25-11-8-16(2)23-25/h4,6-8,11-12H,3,5,9-10,13-15H2,1-2H3. The van der Waals surface area contributed by atoms with Crippen LogP contribution in [0.5, 0.6) is 0 Å². The van der Waals surface area contributed by atoms with Crippen LogP contribution in [0.25, 0.3) is 0 Å². The highest BCUT2D eigenvalue weighted by atomic mass is 35.5. The van der Waals surface area contributed by atoms with Crippen LogP contribution >= 0.6 is 11.6 Å². The van der Waals surface area contributed by atoms with E-state index in [9.17, 15) is 9.59 Å². The number of esters is 1. The number of hydrogen-bond donors (Lipinski definition) is 0. The van der Waals surface area contributed by atoms with Gasteiger partial charge in [-0.25, -0.2) is 0 Å². The first-order valence-electron chi connectivity index (χ1n) is 9.61. The molecule has 6 nitrogen and oxygen atoms in total. The number of hydrogen-bond acceptors (Lipinski definition) is 4. The zero-order chi connectivity index (χ0) is 20.1. The van der Waals surface area contributed by atoms with Crippen molar-refractivity contribution in [2.75, 3.05) is 19.7 Å². The Bertz CT molecular complexity index is 851. The van der Waals surface area contributed by atoms with Gasteiger partial charge in [0.1, 0.15) is 6.54 Å². The van der Waals surface area contributed by atoms with Crippen molar-refractivity contribution in [1.29, 1.82) is 0 Å². The fourth-order valence-corrected chi connectivity index (χ4v) is 4.05. The molecule has 0 N–H and O–H groups in total. The van der Waals surface area contributed by atoms with Crippen LogP contribution in [-0.4, -0.2) is 46.3 Å². The van der Waals surface area contributed by atoms with Crippen LogP contribution in [0.15, 0.2) is 36.5 Å². The molecule has 28 heavy (non-hydrogen) atoms. The third-order valence-electron chi connectivity index (χ3n) is 5.14. The van der Waals surface area contributed by atoms with E-state index in [1.165, 1.54) is 0 Å². The Labute approximate surface area is 170 Å². The minimum absolute atomic E-state index is 0.0393. The molecular formula is C21H26ClN3O3. The van der Waals surface area contributed by atoms with Gasteiger partial charge in [0.05, 0.1) is 17.7 Å². The van der Waals surface area contributed by atoms with E-state index in [0.717, 1.165) is 17.7 Å². The van der Waals surface area contributed by atoms with Crippen LogP contribution in [0.2, 0.25) is 5.02 Å². The second-order valence-electron chi connectivity index (χ2n) is 7.38. The summed E-state index contributed by atoms with van der Waals surface area (Å²) in [6, 6.07) is 9.38. The number of amides is 1. The van der Waals surface area contributed by atoms with E-state index in [-0.39, 0.29) is 18.4 Å². The molecule has 2 heterocycles. The van der Waals surface area contributed by atoms with Gasteiger partial charge < -0.3 is 9.64 Å². The molecule has 0 aliphatic carbocycles. The highest BCUT2D eigenvalue weighted by molar-refractivity contribution is 6.30. The molecule has 1 saturated heterocycles. The highest BCUT2D eigenvalue weighted by Gasteiger charge is 2.44. The van der Waals surface area contributed by atoms with Gasteiger partial charge in [-0.3, -0.25) is 14.3 Å². The Morgan fingerprint density at radius 3 is 2.82 bits per heavy atom. The second-order valence-corrected chi connectivity index (χ2v) is 7.82. The number of rotatable bonds is 6. The predicted molar refractivity (Wildman–Crippen MR) is 107 cm³/mol. The number of ether oxygens (including phenoxy) is 1. The molecule has 0 bridgehead atoms. The van der Waals surface area contributed by atoms with E-state index in [2.05, 4.69) is 5.10 Å². The Balaban J connectivity index is 1.80. The van der Waals surface area contributed by atoms with E-state index in [1.54, 1.807) is 22.7 Å². The van der Waals surface area contributed by atoms with Crippen molar-refractivity contribution in [2.45, 2.75) is 39.7 Å². The largest absolute Gasteiger partial charge is 0.466 e. The van der Waals surface area contributed by atoms with Gasteiger partial charge in [0.15, 0.2) is 0 Å². The predicted octanol–water partition coefficient (Wildman–Crippen LogP) is 3.26. The lowest BCUT2D eigenvalue weighted by Gasteiger charge is -2.41. The number of halogens is 1. The summed E-state index contributed by atoms with van der Waals surface area (Å²) < 4.78 is 7.04. The summed E-state index contributed by atoms with van der Waals surface area (Å²) >= 11 is 6.13. The summed E-state index contributed by atoms with van der Waals surface area (Å²) in [5.74, 6) is -0.287. The number of aryl methyl sites for hydroxylation is 1. The molecule has 3 rings (SSSR count). The maximum Gasteiger partial charge on any atom is 0.314 e. The summed E-state index contributed by atoms with van der Waals surface area (Å²) in [5.41, 5.74) is 1.08. The summed E-state index contributed by atoms with van der Waals surface area (Å²) in [5, 5.41) is 4.92. The molecule has 1 aliphatic heterocycles. The zero-order valence-electron chi connectivity index (χ0n) is 16.4. The van der Waals surface area contributed by atoms with Crippen LogP contribution in [-0.2, 0) is 27.3 Å². The molecule has 7 heteroatoms. The summed E-state index contributed by atoms with van der Waals surface area (Å²) in [6.45, 7) is 5.16. The molecule has 1 aromatic carbocycles. The topological polar surface area (TPSA) is 64.4 Å². The Kier molecular flexibility index (Phi) is 6.39. The smallest absolute Gasteiger partial charge is 0.314 e. The van der Waals surface area contributed by atoms with Gasteiger partial charge in [0.25, 0.3) is 0 Å². The summed E-state index contributed by atoms with van der Waals surface area (Å²) in [4.78, 5) is 27.5. The number of carbonyl (C=O) groups is 2. The van der Waals surface area contributed by atoms with Crippen molar-refractivity contribution >= 4 is 23.5 Å². The highest BCUT2D eigenvalue weighted by Crippen LogP contribution is 2.36. The van der Waals surface area contributed by atoms with Crippen LogP contribution in [0.4, 0.5) is 0 Å². The Morgan fingerprint density at radius 1 is 1.32 bits per heavy atom. The van der Waals surface area contributed by atoms with Gasteiger partial charge in [-0.2, -0.15) is 5.10 Å². The first-order valence-corrected chi connectivity index (χ1v) is 9.99. The van der Waals surface area contributed by atoms with Crippen molar-refractivity contribution in [1.82, 2.24) is 14.7 Å². The molecule has 1 fully saturated rings. The van der Waals surface area contributed by atoms with E-state index in [1.807, 2.05) is 37.3 Å². The van der Waals surface area contributed by atoms with Crippen molar-refractivity contribution in [2.24, 2.45) is 5.41 Å². The lowest BCUT2D eigenvalue weighted by Crippen LogP contribution is -2.52. The number of nitrogens with zero attached hydrogens (tertiary/aromatic N) is 3. The SMILES string of the molecule is CCOC(=O)C1(Cc2cccc(Cl)c2)CCCN(C(=O)Cn2ccc(C)n2)C1. The third kappa shape index (κ3) is 4.73. The lowest BCUT2D eigenvalue weighted by atomic mass is 9.75. The lowest BCUT2D eigenvalue weighted by molar-refractivity contribution is -0.161. The van der Waals surface area contributed by atoms with E-state index in [4.69, 9.17) is 16.3 Å². The Hall–Kier alpha value is -2.34. The van der Waals surface area contributed by atoms with Gasteiger partial charge in [-0.15, -0.1) is 0 Å². The van der Waals surface area contributed by atoms with Gasteiger partial charge in [-0.05, 0) is 56.9 Å². The molecule has 0 saturated carbocycles. The van der Waals surface area contributed by atoms with Gasteiger partial charge in [0, 0.05) is 24.3 Å². The zero-order valence-corrected chi connectivity index (χ0v) is 17.1. The first-order chi connectivity index (χ1) is 13.4. The molecule has 2 aromatic rings. The number of carbonyl (C=O) groups excluding carboxylic acids is 2. The number of piperidine rings is 1. The Morgan fingerprint density at radius 2 is 2.14 bits per heavy atom. The molecule has 0 spiro atoms. The number of likely N-dealkylation sites (tertiary alicyclic amines) is 1. The van der Waals surface area contributed by atoms with Crippen molar-refractivity contribution in [3.63, 3.8) is 0 Å². The average Bonchev–Trinajstić information content (AvgIpc) is 3.07. The van der Waals surface area contributed by atoms with E-state index in [0.29, 0.717) is 37.6 Å². The monoisotopic (exact) mass is 403 g/mol. The second kappa shape index (κ2) is 8.78. The molecule has 1 aliphatic rings. The van der Waals surface area contributed by atoms with Gasteiger partial charge in [-0.1, -0.05) is 23.7 Å². The van der Waals surface area contributed by atoms with Crippen molar-refractivity contribution in [3.05, 3.63) is 52.8 Å². The average molecular weight is 404 g/mol. The van der Waals surface area contributed by atoms with Gasteiger partial charge in [0.2, 0.25) is 5.91 Å². The summed E-state index contributed by atoms with van der Waals surface area (Å²) in [6.07, 6.45) is 3.73. The molecule has 1 unspecified atom stereocenters. The van der Waals surface area contributed by atoms with Crippen LogP contribution in [0, 0.1) is 12.3 Å². The normalized spacial score (nSPS) is 19.5. The van der Waals surface area contributed by atoms with E-state index >= 15 is 0 Å². The molecule has 0 radical (unpaired) electrons. The van der Waals surface area contributed by atoms with Crippen molar-refractivity contribution in [3.8, 4) is 0 Å². The fourth-order valence-electron chi connectivity index (χ4n) is 3.84. The minimum Gasteiger partial charge on any atom is -0.466 e. The fraction of sp³-hybridized carbons (Fsp3) is 0.476. The van der Waals surface area contributed by atoms with Crippen molar-refractivity contribution < 1.29 is 14.3 Å². The molecule has 150 valence electrons. The first kappa shape index (κ1) is 20.4. The van der Waals surface area contributed by atoms with Crippen LogP contribution in [0.1, 0.15) is 31.0 Å². The maximum atomic E-state index is 12.9. The number of benzene rings is 1. The van der Waals surface area contributed by atoms with Crippen LogP contribution < -0.4 is 0 Å². The number of aromatic nitrogens is 2. The molecule has 1 aromatic heterocycles. The summed E-state index contributed by atoms with van der Waals surface area (Å²) in [7, 11) is 0. The minimum atomic E-state index is -0.755. The molecule has 1 amide bonds. The maximum absolute atomic E-state index is 12.9.